The van der Waals surface area contributed by atoms with Gasteiger partial charge >= 0.3 is 0 Å². The Morgan fingerprint density at radius 3 is 2.80 bits per heavy atom. The number of hydrogen-bond acceptors (Lipinski definition) is 3. The van der Waals surface area contributed by atoms with Crippen LogP contribution in [-0.4, -0.2) is 12.1 Å². The molecule has 2 aromatic rings. The zero-order chi connectivity index (χ0) is 14.2. The van der Waals surface area contributed by atoms with Crippen LogP contribution in [0.2, 0.25) is 5.02 Å². The number of allylic oxidation sites excluding steroid dienone is 1. The van der Waals surface area contributed by atoms with Gasteiger partial charge in [0.25, 0.3) is 0 Å². The van der Waals surface area contributed by atoms with Crippen molar-refractivity contribution in [1.29, 1.82) is 0 Å². The first-order valence-electron chi connectivity index (χ1n) is 6.00. The van der Waals surface area contributed by atoms with Gasteiger partial charge in [0.05, 0.1) is 12.7 Å². The first-order valence-corrected chi connectivity index (χ1v) is 6.38. The van der Waals surface area contributed by atoms with E-state index in [-0.39, 0.29) is 12.3 Å². The lowest BCUT2D eigenvalue weighted by Gasteiger charge is -1.99. The quantitative estimate of drug-likeness (QED) is 0.678. The van der Waals surface area contributed by atoms with E-state index in [1.54, 1.807) is 36.6 Å². The molecule has 5 heteroatoms. The van der Waals surface area contributed by atoms with Crippen LogP contribution in [0.15, 0.2) is 58.3 Å². The second-order valence-corrected chi connectivity index (χ2v) is 4.43. The van der Waals surface area contributed by atoms with Gasteiger partial charge in [0.15, 0.2) is 0 Å². The maximum atomic E-state index is 11.6. The highest BCUT2D eigenvalue weighted by Gasteiger charge is 2.01. The van der Waals surface area contributed by atoms with Crippen LogP contribution in [-0.2, 0) is 11.2 Å². The summed E-state index contributed by atoms with van der Waals surface area (Å²) >= 11 is 5.77. The summed E-state index contributed by atoms with van der Waals surface area (Å²) in [7, 11) is 0. The highest BCUT2D eigenvalue weighted by Crippen LogP contribution is 2.09. The van der Waals surface area contributed by atoms with Crippen molar-refractivity contribution in [3.63, 3.8) is 0 Å². The summed E-state index contributed by atoms with van der Waals surface area (Å²) in [5.74, 6) is 0.541. The number of furan rings is 1. The van der Waals surface area contributed by atoms with Gasteiger partial charge in [0.2, 0.25) is 5.91 Å². The van der Waals surface area contributed by atoms with Crippen molar-refractivity contribution in [2.75, 3.05) is 0 Å². The van der Waals surface area contributed by atoms with E-state index in [0.29, 0.717) is 5.02 Å². The van der Waals surface area contributed by atoms with Gasteiger partial charge in [-0.05, 0) is 42.0 Å². The Kier molecular flexibility index (Phi) is 5.15. The summed E-state index contributed by atoms with van der Waals surface area (Å²) < 4.78 is 5.10. The number of carbonyl (C=O) groups is 1. The smallest absolute Gasteiger partial charge is 0.244 e. The normalized spacial score (nSPS) is 11.2. The average Bonchev–Trinajstić information content (AvgIpc) is 2.94. The molecular weight excluding hydrogens is 276 g/mol. The van der Waals surface area contributed by atoms with Crippen molar-refractivity contribution in [3.8, 4) is 0 Å². The van der Waals surface area contributed by atoms with Gasteiger partial charge in [-0.15, -0.1) is 0 Å². The summed E-state index contributed by atoms with van der Waals surface area (Å²) in [6.07, 6.45) is 6.76. The van der Waals surface area contributed by atoms with Crippen molar-refractivity contribution in [1.82, 2.24) is 5.43 Å². The number of amides is 1. The fourth-order valence-electron chi connectivity index (χ4n) is 1.50. The Morgan fingerprint density at radius 1 is 1.30 bits per heavy atom. The SMILES string of the molecule is O=C(Cc1ccc(Cl)cc1)N/N=C/C=C/c1ccco1. The Labute approximate surface area is 121 Å². The van der Waals surface area contributed by atoms with E-state index in [2.05, 4.69) is 10.5 Å². The van der Waals surface area contributed by atoms with Crippen molar-refractivity contribution in [2.24, 2.45) is 5.10 Å². The molecule has 0 fully saturated rings. The molecule has 20 heavy (non-hydrogen) atoms. The van der Waals surface area contributed by atoms with E-state index < -0.39 is 0 Å². The van der Waals surface area contributed by atoms with Crippen LogP contribution in [0.3, 0.4) is 0 Å². The molecule has 1 heterocycles. The topological polar surface area (TPSA) is 54.6 Å². The van der Waals surface area contributed by atoms with Crippen LogP contribution in [0.1, 0.15) is 11.3 Å². The average molecular weight is 289 g/mol. The highest BCUT2D eigenvalue weighted by atomic mass is 35.5. The Balaban J connectivity index is 1.76. The molecular formula is C15H13ClN2O2. The predicted octanol–water partition coefficient (Wildman–Crippen LogP) is 3.29. The first-order chi connectivity index (χ1) is 9.74. The Morgan fingerprint density at radius 2 is 2.10 bits per heavy atom. The monoisotopic (exact) mass is 288 g/mol. The van der Waals surface area contributed by atoms with Gasteiger partial charge in [-0.25, -0.2) is 5.43 Å². The molecule has 1 aromatic heterocycles. The molecule has 1 amide bonds. The van der Waals surface area contributed by atoms with Crippen LogP contribution >= 0.6 is 11.6 Å². The van der Waals surface area contributed by atoms with E-state index in [1.165, 1.54) is 6.21 Å². The van der Waals surface area contributed by atoms with Crippen LogP contribution in [0.4, 0.5) is 0 Å². The zero-order valence-corrected chi connectivity index (χ0v) is 11.4. The zero-order valence-electron chi connectivity index (χ0n) is 10.6. The lowest BCUT2D eigenvalue weighted by molar-refractivity contribution is -0.120. The van der Waals surface area contributed by atoms with Gasteiger partial charge in [-0.1, -0.05) is 23.7 Å². The summed E-state index contributed by atoms with van der Waals surface area (Å²) in [5.41, 5.74) is 3.32. The highest BCUT2D eigenvalue weighted by molar-refractivity contribution is 6.30. The Hall–Kier alpha value is -2.33. The van der Waals surface area contributed by atoms with Gasteiger partial charge in [0.1, 0.15) is 5.76 Å². The van der Waals surface area contributed by atoms with Crippen LogP contribution in [0.25, 0.3) is 6.08 Å². The molecule has 0 aliphatic rings. The lowest BCUT2D eigenvalue weighted by Crippen LogP contribution is -2.19. The number of rotatable bonds is 5. The van der Waals surface area contributed by atoms with Gasteiger partial charge in [0, 0.05) is 11.2 Å². The minimum Gasteiger partial charge on any atom is -0.465 e. The molecule has 4 nitrogen and oxygen atoms in total. The molecule has 2 rings (SSSR count). The number of benzene rings is 1. The Bertz CT molecular complexity index is 601. The minimum atomic E-state index is -0.185. The van der Waals surface area contributed by atoms with Gasteiger partial charge in [-0.2, -0.15) is 5.10 Å². The van der Waals surface area contributed by atoms with E-state index in [4.69, 9.17) is 16.0 Å². The van der Waals surface area contributed by atoms with Crippen molar-refractivity contribution in [2.45, 2.75) is 6.42 Å². The maximum Gasteiger partial charge on any atom is 0.244 e. The van der Waals surface area contributed by atoms with Crippen molar-refractivity contribution >= 4 is 29.8 Å². The molecule has 0 spiro atoms. The summed E-state index contributed by atoms with van der Waals surface area (Å²) in [6, 6.07) is 10.7. The summed E-state index contributed by atoms with van der Waals surface area (Å²) in [5, 5.41) is 4.45. The van der Waals surface area contributed by atoms with Crippen molar-refractivity contribution in [3.05, 3.63) is 65.1 Å². The molecule has 0 saturated carbocycles. The largest absolute Gasteiger partial charge is 0.465 e. The molecule has 0 aliphatic heterocycles. The summed E-state index contributed by atoms with van der Waals surface area (Å²) in [6.45, 7) is 0. The number of hydrazone groups is 1. The fraction of sp³-hybridized carbons (Fsp3) is 0.0667. The maximum absolute atomic E-state index is 11.6. The third-order valence-electron chi connectivity index (χ3n) is 2.43. The number of nitrogens with zero attached hydrogens (tertiary/aromatic N) is 1. The van der Waals surface area contributed by atoms with E-state index >= 15 is 0 Å². The predicted molar refractivity (Wildman–Crippen MR) is 79.5 cm³/mol. The molecule has 1 N–H and O–H groups in total. The van der Waals surface area contributed by atoms with Crippen LogP contribution in [0, 0.1) is 0 Å². The second kappa shape index (κ2) is 7.31. The third kappa shape index (κ3) is 4.74. The van der Waals surface area contributed by atoms with E-state index in [9.17, 15) is 4.79 Å². The second-order valence-electron chi connectivity index (χ2n) is 3.99. The lowest BCUT2D eigenvalue weighted by atomic mass is 10.1. The van der Waals surface area contributed by atoms with Crippen molar-refractivity contribution < 1.29 is 9.21 Å². The molecule has 0 saturated heterocycles. The minimum absolute atomic E-state index is 0.185. The molecule has 0 aliphatic carbocycles. The van der Waals surface area contributed by atoms with E-state index in [0.717, 1.165) is 11.3 Å². The molecule has 1 aromatic carbocycles. The molecule has 0 unspecified atom stereocenters. The fourth-order valence-corrected chi connectivity index (χ4v) is 1.63. The number of carbonyl (C=O) groups excluding carboxylic acids is 1. The molecule has 0 radical (unpaired) electrons. The third-order valence-corrected chi connectivity index (χ3v) is 2.68. The summed E-state index contributed by atoms with van der Waals surface area (Å²) in [4.78, 5) is 11.6. The standard InChI is InChI=1S/C15H13ClN2O2/c16-13-7-5-12(6-8-13)11-15(19)18-17-9-1-3-14-4-2-10-20-14/h1-10H,11H2,(H,18,19)/b3-1+,17-9+. The van der Waals surface area contributed by atoms with Gasteiger partial charge in [-0.3, -0.25) is 4.79 Å². The number of nitrogens with one attached hydrogen (secondary N) is 1. The molecule has 0 atom stereocenters. The van der Waals surface area contributed by atoms with E-state index in [1.807, 2.05) is 18.2 Å². The van der Waals surface area contributed by atoms with Crippen LogP contribution < -0.4 is 5.43 Å². The number of hydrogen-bond donors (Lipinski definition) is 1. The number of halogens is 1. The molecule has 102 valence electrons. The van der Waals surface area contributed by atoms with Gasteiger partial charge < -0.3 is 4.42 Å². The molecule has 0 bridgehead atoms. The van der Waals surface area contributed by atoms with Crippen LogP contribution in [0.5, 0.6) is 0 Å². The first kappa shape index (κ1) is 14.1.